The Morgan fingerprint density at radius 2 is 2.12 bits per heavy atom. The second-order valence-corrected chi connectivity index (χ2v) is 5.69. The van der Waals surface area contributed by atoms with Crippen molar-refractivity contribution in [3.63, 3.8) is 0 Å². The summed E-state index contributed by atoms with van der Waals surface area (Å²) in [4.78, 5) is 11.7. The molecule has 2 nitrogen and oxygen atoms in total. The molecule has 0 unspecified atom stereocenters. The van der Waals surface area contributed by atoms with E-state index in [4.69, 9.17) is 0 Å². The summed E-state index contributed by atoms with van der Waals surface area (Å²) < 4.78 is 12.7. The number of benzene rings is 1. The van der Waals surface area contributed by atoms with Crippen molar-refractivity contribution in [1.82, 2.24) is 5.32 Å². The molecule has 1 aromatic rings. The van der Waals surface area contributed by atoms with Gasteiger partial charge < -0.3 is 5.32 Å². The summed E-state index contributed by atoms with van der Waals surface area (Å²) in [6, 6.07) is 6.83. The molecule has 0 bridgehead atoms. The molecule has 0 aromatic heterocycles. The molecular weight excluding hydrogens is 237 g/mol. The van der Waals surface area contributed by atoms with Gasteiger partial charge in [-0.25, -0.2) is 4.39 Å². The highest BCUT2D eigenvalue weighted by atomic mass is 32.2. The number of thioether (sulfide) groups is 1. The largest absolute Gasteiger partial charge is 0.352 e. The molecule has 1 N–H and O–H groups in total. The standard InChI is InChI=1S/C13H16FNOS/c1-9(13(16)15-12-6-7-12)17-8-10-2-4-11(14)5-3-10/h2-5,9,12H,6-8H2,1H3,(H,15,16)/t9-/m1/s1. The van der Waals surface area contributed by atoms with Crippen LogP contribution in [0.2, 0.25) is 0 Å². The third-order valence-corrected chi connectivity index (χ3v) is 3.92. The normalized spacial score (nSPS) is 16.6. The van der Waals surface area contributed by atoms with Crippen LogP contribution >= 0.6 is 11.8 Å². The first-order chi connectivity index (χ1) is 8.15. The van der Waals surface area contributed by atoms with Crippen molar-refractivity contribution in [2.45, 2.75) is 36.8 Å². The van der Waals surface area contributed by atoms with Crippen molar-refractivity contribution in [3.8, 4) is 0 Å². The van der Waals surface area contributed by atoms with E-state index in [9.17, 15) is 9.18 Å². The molecule has 1 atom stereocenters. The van der Waals surface area contributed by atoms with E-state index < -0.39 is 0 Å². The maximum absolute atomic E-state index is 12.7. The van der Waals surface area contributed by atoms with Crippen LogP contribution in [-0.2, 0) is 10.5 Å². The van der Waals surface area contributed by atoms with Gasteiger partial charge in [0.2, 0.25) is 5.91 Å². The summed E-state index contributed by atoms with van der Waals surface area (Å²) in [5.41, 5.74) is 1.04. The fourth-order valence-electron chi connectivity index (χ4n) is 1.42. The van der Waals surface area contributed by atoms with Gasteiger partial charge in [-0.15, -0.1) is 11.8 Å². The highest BCUT2D eigenvalue weighted by Crippen LogP contribution is 2.22. The van der Waals surface area contributed by atoms with Crippen molar-refractivity contribution in [2.75, 3.05) is 0 Å². The molecule has 1 aromatic carbocycles. The van der Waals surface area contributed by atoms with E-state index in [1.165, 1.54) is 12.1 Å². The molecule has 1 fully saturated rings. The Morgan fingerprint density at radius 3 is 2.71 bits per heavy atom. The van der Waals surface area contributed by atoms with Gasteiger partial charge in [0.05, 0.1) is 5.25 Å². The van der Waals surface area contributed by atoms with Gasteiger partial charge in [-0.1, -0.05) is 12.1 Å². The van der Waals surface area contributed by atoms with Crippen LogP contribution in [0.15, 0.2) is 24.3 Å². The summed E-state index contributed by atoms with van der Waals surface area (Å²) in [5, 5.41) is 2.92. The Morgan fingerprint density at radius 1 is 1.47 bits per heavy atom. The number of rotatable bonds is 5. The molecule has 0 radical (unpaired) electrons. The molecule has 0 saturated heterocycles. The molecule has 17 heavy (non-hydrogen) atoms. The average Bonchev–Trinajstić information content (AvgIpc) is 3.11. The number of amides is 1. The number of nitrogens with one attached hydrogen (secondary N) is 1. The van der Waals surface area contributed by atoms with E-state index in [0.29, 0.717) is 6.04 Å². The topological polar surface area (TPSA) is 29.1 Å². The van der Waals surface area contributed by atoms with Crippen LogP contribution in [0, 0.1) is 5.82 Å². The van der Waals surface area contributed by atoms with Crippen molar-refractivity contribution in [2.24, 2.45) is 0 Å². The molecule has 2 rings (SSSR count). The zero-order valence-electron chi connectivity index (χ0n) is 9.78. The predicted octanol–water partition coefficient (Wildman–Crippen LogP) is 2.73. The van der Waals surface area contributed by atoms with E-state index in [0.717, 1.165) is 24.2 Å². The zero-order valence-corrected chi connectivity index (χ0v) is 10.6. The number of carbonyl (C=O) groups excluding carboxylic acids is 1. The smallest absolute Gasteiger partial charge is 0.233 e. The van der Waals surface area contributed by atoms with Crippen molar-refractivity contribution in [1.29, 1.82) is 0 Å². The van der Waals surface area contributed by atoms with Gasteiger partial charge in [-0.3, -0.25) is 4.79 Å². The molecule has 0 heterocycles. The highest BCUT2D eigenvalue weighted by molar-refractivity contribution is 7.99. The number of carbonyl (C=O) groups is 1. The Bertz CT molecular complexity index is 389. The van der Waals surface area contributed by atoms with Crippen molar-refractivity contribution in [3.05, 3.63) is 35.6 Å². The number of hydrogen-bond acceptors (Lipinski definition) is 2. The van der Waals surface area contributed by atoms with E-state index in [1.54, 1.807) is 23.9 Å². The fourth-order valence-corrected chi connectivity index (χ4v) is 2.28. The van der Waals surface area contributed by atoms with Crippen LogP contribution in [0.1, 0.15) is 25.3 Å². The minimum atomic E-state index is -0.224. The van der Waals surface area contributed by atoms with E-state index in [2.05, 4.69) is 5.32 Å². The Balaban J connectivity index is 1.76. The van der Waals surface area contributed by atoms with Gasteiger partial charge in [-0.2, -0.15) is 0 Å². The van der Waals surface area contributed by atoms with Crippen LogP contribution < -0.4 is 5.32 Å². The SMILES string of the molecule is C[C@@H](SCc1ccc(F)cc1)C(=O)NC1CC1. The molecule has 0 aliphatic heterocycles. The van der Waals surface area contributed by atoms with Crippen LogP contribution in [0.3, 0.4) is 0 Å². The van der Waals surface area contributed by atoms with Gasteiger partial charge in [0.1, 0.15) is 5.82 Å². The Labute approximate surface area is 105 Å². The second kappa shape index (κ2) is 5.54. The summed E-state index contributed by atoms with van der Waals surface area (Å²) >= 11 is 1.58. The van der Waals surface area contributed by atoms with E-state index in [-0.39, 0.29) is 17.0 Å². The second-order valence-electron chi connectivity index (χ2n) is 4.36. The molecule has 92 valence electrons. The summed E-state index contributed by atoms with van der Waals surface area (Å²) in [6.07, 6.45) is 2.22. The van der Waals surface area contributed by atoms with E-state index >= 15 is 0 Å². The highest BCUT2D eigenvalue weighted by Gasteiger charge is 2.25. The lowest BCUT2D eigenvalue weighted by molar-refractivity contribution is -0.120. The first kappa shape index (κ1) is 12.4. The van der Waals surface area contributed by atoms with Crippen LogP contribution in [0.25, 0.3) is 0 Å². The van der Waals surface area contributed by atoms with Crippen molar-refractivity contribution < 1.29 is 9.18 Å². The minimum Gasteiger partial charge on any atom is -0.352 e. The monoisotopic (exact) mass is 253 g/mol. The molecule has 1 saturated carbocycles. The first-order valence-corrected chi connectivity index (χ1v) is 6.86. The third kappa shape index (κ3) is 4.04. The molecule has 1 aliphatic carbocycles. The predicted molar refractivity (Wildman–Crippen MR) is 68.3 cm³/mol. The third-order valence-electron chi connectivity index (χ3n) is 2.71. The lowest BCUT2D eigenvalue weighted by atomic mass is 10.2. The summed E-state index contributed by atoms with van der Waals surface area (Å²) in [6.45, 7) is 1.91. The maximum Gasteiger partial charge on any atom is 0.233 e. The average molecular weight is 253 g/mol. The zero-order chi connectivity index (χ0) is 12.3. The first-order valence-electron chi connectivity index (χ1n) is 5.81. The molecule has 0 spiro atoms. The molecular formula is C13H16FNOS. The number of hydrogen-bond donors (Lipinski definition) is 1. The van der Waals surface area contributed by atoms with Gasteiger partial charge in [0, 0.05) is 11.8 Å². The van der Waals surface area contributed by atoms with Crippen molar-refractivity contribution >= 4 is 17.7 Å². The van der Waals surface area contributed by atoms with Crippen LogP contribution in [-0.4, -0.2) is 17.2 Å². The molecule has 4 heteroatoms. The van der Waals surface area contributed by atoms with Gasteiger partial charge in [0.25, 0.3) is 0 Å². The lowest BCUT2D eigenvalue weighted by Crippen LogP contribution is -2.32. The fraction of sp³-hybridized carbons (Fsp3) is 0.462. The number of halogens is 1. The Kier molecular flexibility index (Phi) is 4.05. The van der Waals surface area contributed by atoms with Crippen LogP contribution in [0.5, 0.6) is 0 Å². The van der Waals surface area contributed by atoms with E-state index in [1.807, 2.05) is 6.92 Å². The summed E-state index contributed by atoms with van der Waals surface area (Å²) in [7, 11) is 0. The minimum absolute atomic E-state index is 0.0550. The van der Waals surface area contributed by atoms with Gasteiger partial charge >= 0.3 is 0 Å². The summed E-state index contributed by atoms with van der Waals surface area (Å²) in [5.74, 6) is 0.623. The molecule has 1 amide bonds. The van der Waals surface area contributed by atoms with Crippen LogP contribution in [0.4, 0.5) is 4.39 Å². The van der Waals surface area contributed by atoms with Gasteiger partial charge in [0.15, 0.2) is 0 Å². The molecule has 1 aliphatic rings. The van der Waals surface area contributed by atoms with Gasteiger partial charge in [-0.05, 0) is 37.5 Å². The maximum atomic E-state index is 12.7. The Hall–Kier alpha value is -1.03. The quantitative estimate of drug-likeness (QED) is 0.874. The lowest BCUT2D eigenvalue weighted by Gasteiger charge is -2.11.